The fraction of sp³-hybridized carbons (Fsp3) is 1.00. The summed E-state index contributed by atoms with van der Waals surface area (Å²) in [4.78, 5) is 4.94. The molecule has 1 atom stereocenters. The standard InChI is InChI=1S/C13H26N2O2S/c1-13(2,18(3,16)17)11-14-7-5-9-15-8-4-6-12(15)10-14/h12H,4-11H2,1-3H3. The molecular formula is C13H26N2O2S. The number of fused-ring (bicyclic) bond motifs is 1. The van der Waals surface area contributed by atoms with Gasteiger partial charge >= 0.3 is 0 Å². The third-order valence-electron chi connectivity index (χ3n) is 4.50. The van der Waals surface area contributed by atoms with Crippen molar-refractivity contribution in [1.82, 2.24) is 9.80 Å². The van der Waals surface area contributed by atoms with Crippen LogP contribution in [0.2, 0.25) is 0 Å². The van der Waals surface area contributed by atoms with E-state index >= 15 is 0 Å². The van der Waals surface area contributed by atoms with Crippen LogP contribution in [0.5, 0.6) is 0 Å². The average molecular weight is 274 g/mol. The van der Waals surface area contributed by atoms with Crippen LogP contribution in [0.4, 0.5) is 0 Å². The van der Waals surface area contributed by atoms with E-state index in [4.69, 9.17) is 0 Å². The molecule has 0 aromatic rings. The van der Waals surface area contributed by atoms with E-state index in [0.717, 1.165) is 19.5 Å². The van der Waals surface area contributed by atoms with E-state index in [-0.39, 0.29) is 0 Å². The zero-order chi connectivity index (χ0) is 13.4. The molecule has 5 heteroatoms. The Labute approximate surface area is 111 Å². The van der Waals surface area contributed by atoms with Crippen LogP contribution < -0.4 is 0 Å². The van der Waals surface area contributed by atoms with E-state index in [1.165, 1.54) is 32.2 Å². The van der Waals surface area contributed by atoms with E-state index < -0.39 is 14.6 Å². The number of rotatable bonds is 3. The van der Waals surface area contributed by atoms with Crippen LogP contribution in [0.3, 0.4) is 0 Å². The van der Waals surface area contributed by atoms with Gasteiger partial charge in [0.2, 0.25) is 0 Å². The SMILES string of the molecule is CC(C)(CN1CCCN2CCCC2C1)S(C)(=O)=O. The molecule has 0 radical (unpaired) electrons. The van der Waals surface area contributed by atoms with Crippen molar-refractivity contribution in [2.45, 2.75) is 43.9 Å². The van der Waals surface area contributed by atoms with E-state index in [0.29, 0.717) is 12.6 Å². The molecule has 0 N–H and O–H groups in total. The van der Waals surface area contributed by atoms with Gasteiger partial charge in [0.1, 0.15) is 0 Å². The zero-order valence-corrected chi connectivity index (χ0v) is 12.7. The van der Waals surface area contributed by atoms with Gasteiger partial charge in [0.15, 0.2) is 9.84 Å². The number of sulfone groups is 1. The maximum atomic E-state index is 11.8. The molecule has 106 valence electrons. The lowest BCUT2D eigenvalue weighted by atomic mass is 10.1. The van der Waals surface area contributed by atoms with Crippen LogP contribution in [-0.2, 0) is 9.84 Å². The molecule has 0 bridgehead atoms. The molecule has 0 aromatic carbocycles. The Morgan fingerprint density at radius 2 is 1.83 bits per heavy atom. The summed E-state index contributed by atoms with van der Waals surface area (Å²) in [5.74, 6) is 0. The minimum absolute atomic E-state index is 0.638. The summed E-state index contributed by atoms with van der Waals surface area (Å²) in [5.41, 5.74) is 0. The van der Waals surface area contributed by atoms with Gasteiger partial charge in [-0.05, 0) is 52.7 Å². The summed E-state index contributed by atoms with van der Waals surface area (Å²) in [6.45, 7) is 8.84. The van der Waals surface area contributed by atoms with Crippen LogP contribution in [0, 0.1) is 0 Å². The Kier molecular flexibility index (Phi) is 4.04. The van der Waals surface area contributed by atoms with Crippen LogP contribution in [-0.4, -0.2) is 68.0 Å². The van der Waals surface area contributed by atoms with Gasteiger partial charge in [0.25, 0.3) is 0 Å². The van der Waals surface area contributed by atoms with E-state index in [9.17, 15) is 8.42 Å². The molecule has 18 heavy (non-hydrogen) atoms. The molecule has 2 aliphatic heterocycles. The predicted octanol–water partition coefficient (Wildman–Crippen LogP) is 0.980. The molecular weight excluding hydrogens is 248 g/mol. The second-order valence-corrected chi connectivity index (χ2v) is 9.10. The lowest BCUT2D eigenvalue weighted by Gasteiger charge is -2.32. The van der Waals surface area contributed by atoms with E-state index in [1.807, 2.05) is 13.8 Å². The first-order valence-electron chi connectivity index (χ1n) is 6.96. The molecule has 0 aromatic heterocycles. The van der Waals surface area contributed by atoms with E-state index in [1.54, 1.807) is 0 Å². The first-order chi connectivity index (χ1) is 8.29. The third-order valence-corrected chi connectivity index (χ3v) is 6.63. The van der Waals surface area contributed by atoms with Gasteiger partial charge in [0.05, 0.1) is 4.75 Å². The molecule has 4 nitrogen and oxygen atoms in total. The Morgan fingerprint density at radius 1 is 1.17 bits per heavy atom. The molecule has 0 spiro atoms. The Hall–Kier alpha value is -0.130. The summed E-state index contributed by atoms with van der Waals surface area (Å²) in [6, 6.07) is 0.655. The van der Waals surface area contributed by atoms with Gasteiger partial charge in [-0.15, -0.1) is 0 Å². The third kappa shape index (κ3) is 3.06. The fourth-order valence-corrected chi connectivity index (χ4v) is 3.50. The molecule has 2 aliphatic rings. The summed E-state index contributed by atoms with van der Waals surface area (Å²) >= 11 is 0. The van der Waals surface area contributed by atoms with Gasteiger partial charge in [-0.1, -0.05) is 0 Å². The summed E-state index contributed by atoms with van der Waals surface area (Å²) in [6.07, 6.45) is 5.09. The van der Waals surface area contributed by atoms with E-state index in [2.05, 4.69) is 9.80 Å². The molecule has 0 aliphatic carbocycles. The predicted molar refractivity (Wildman–Crippen MR) is 74.6 cm³/mol. The van der Waals surface area contributed by atoms with Crippen LogP contribution in [0.15, 0.2) is 0 Å². The highest BCUT2D eigenvalue weighted by molar-refractivity contribution is 7.92. The maximum Gasteiger partial charge on any atom is 0.153 e. The van der Waals surface area contributed by atoms with Gasteiger partial charge in [-0.25, -0.2) is 8.42 Å². The summed E-state index contributed by atoms with van der Waals surface area (Å²) in [5, 5.41) is 0. The average Bonchev–Trinajstić information content (AvgIpc) is 2.56. The molecule has 2 fully saturated rings. The van der Waals surface area contributed by atoms with Gasteiger partial charge in [0, 0.05) is 25.4 Å². The highest BCUT2D eigenvalue weighted by Gasteiger charge is 2.35. The fourth-order valence-electron chi connectivity index (χ4n) is 3.08. The number of nitrogens with zero attached hydrogens (tertiary/aromatic N) is 2. The van der Waals surface area contributed by atoms with Crippen LogP contribution in [0.25, 0.3) is 0 Å². The summed E-state index contributed by atoms with van der Waals surface area (Å²) < 4.78 is 23.0. The lowest BCUT2D eigenvalue weighted by Crippen LogP contribution is -2.46. The van der Waals surface area contributed by atoms with Crippen molar-refractivity contribution >= 4 is 9.84 Å². The molecule has 2 saturated heterocycles. The Bertz CT molecular complexity index is 392. The quantitative estimate of drug-likeness (QED) is 0.769. The van der Waals surface area contributed by atoms with Crippen molar-refractivity contribution in [3.63, 3.8) is 0 Å². The van der Waals surface area contributed by atoms with Crippen molar-refractivity contribution in [3.05, 3.63) is 0 Å². The lowest BCUT2D eigenvalue weighted by molar-refractivity contribution is 0.210. The minimum atomic E-state index is -2.99. The first-order valence-corrected chi connectivity index (χ1v) is 8.85. The second-order valence-electron chi connectivity index (χ2n) is 6.45. The van der Waals surface area contributed by atoms with Crippen LogP contribution >= 0.6 is 0 Å². The van der Waals surface area contributed by atoms with Gasteiger partial charge in [-0.2, -0.15) is 0 Å². The molecule has 2 rings (SSSR count). The number of hydrogen-bond donors (Lipinski definition) is 0. The normalized spacial score (nSPS) is 28.1. The highest BCUT2D eigenvalue weighted by atomic mass is 32.2. The Morgan fingerprint density at radius 3 is 2.50 bits per heavy atom. The van der Waals surface area contributed by atoms with Crippen molar-refractivity contribution in [2.24, 2.45) is 0 Å². The molecule has 1 unspecified atom stereocenters. The second kappa shape index (κ2) is 5.10. The zero-order valence-electron chi connectivity index (χ0n) is 11.9. The molecule has 0 amide bonds. The topological polar surface area (TPSA) is 40.6 Å². The molecule has 0 saturated carbocycles. The smallest absolute Gasteiger partial charge is 0.153 e. The van der Waals surface area contributed by atoms with Crippen molar-refractivity contribution in [1.29, 1.82) is 0 Å². The maximum absolute atomic E-state index is 11.8. The molecule has 2 heterocycles. The minimum Gasteiger partial charge on any atom is -0.300 e. The monoisotopic (exact) mass is 274 g/mol. The summed E-state index contributed by atoms with van der Waals surface area (Å²) in [7, 11) is -2.99. The largest absolute Gasteiger partial charge is 0.300 e. The first kappa shape index (κ1) is 14.3. The van der Waals surface area contributed by atoms with Crippen LogP contribution in [0.1, 0.15) is 33.1 Å². The van der Waals surface area contributed by atoms with Crippen molar-refractivity contribution in [3.8, 4) is 0 Å². The van der Waals surface area contributed by atoms with Crippen molar-refractivity contribution in [2.75, 3.05) is 39.0 Å². The van der Waals surface area contributed by atoms with Crippen molar-refractivity contribution < 1.29 is 8.42 Å². The highest BCUT2D eigenvalue weighted by Crippen LogP contribution is 2.24. The van der Waals surface area contributed by atoms with Gasteiger partial charge in [-0.3, -0.25) is 4.90 Å². The number of hydrogen-bond acceptors (Lipinski definition) is 4. The van der Waals surface area contributed by atoms with Gasteiger partial charge < -0.3 is 4.90 Å². The Balaban J connectivity index is 2.01.